The van der Waals surface area contributed by atoms with Crippen LogP contribution in [0.3, 0.4) is 0 Å². The van der Waals surface area contributed by atoms with Crippen molar-refractivity contribution in [3.63, 3.8) is 0 Å². The summed E-state index contributed by atoms with van der Waals surface area (Å²) in [5, 5.41) is 3.00. The van der Waals surface area contributed by atoms with Crippen molar-refractivity contribution in [3.05, 3.63) is 62.2 Å². The first kappa shape index (κ1) is 17.3. The molecule has 0 atom stereocenters. The Labute approximate surface area is 150 Å². The summed E-state index contributed by atoms with van der Waals surface area (Å²) in [5.74, 6) is 0.880. The third-order valence-electron chi connectivity index (χ3n) is 3.57. The van der Waals surface area contributed by atoms with Gasteiger partial charge in [0.2, 0.25) is 0 Å². The van der Waals surface area contributed by atoms with E-state index in [-0.39, 0.29) is 5.91 Å². The first-order chi connectivity index (χ1) is 10.5. The van der Waals surface area contributed by atoms with E-state index in [1.54, 1.807) is 11.8 Å². The van der Waals surface area contributed by atoms with Crippen LogP contribution >= 0.6 is 34.4 Å². The van der Waals surface area contributed by atoms with Gasteiger partial charge in [-0.3, -0.25) is 4.79 Å². The van der Waals surface area contributed by atoms with Crippen molar-refractivity contribution in [2.45, 2.75) is 25.7 Å². The van der Waals surface area contributed by atoms with E-state index in [1.165, 1.54) is 16.0 Å². The number of aryl methyl sites for hydroxylation is 3. The van der Waals surface area contributed by atoms with Gasteiger partial charge in [-0.05, 0) is 78.3 Å². The Hall–Kier alpha value is -1.01. The van der Waals surface area contributed by atoms with Gasteiger partial charge in [0.1, 0.15) is 0 Å². The van der Waals surface area contributed by atoms with Crippen molar-refractivity contribution in [1.82, 2.24) is 5.32 Å². The third-order valence-corrected chi connectivity index (χ3v) is 6.00. The summed E-state index contributed by atoms with van der Waals surface area (Å²) >= 11 is 4.00. The van der Waals surface area contributed by atoms with Crippen LogP contribution < -0.4 is 5.32 Å². The minimum absolute atomic E-state index is 0.00814. The summed E-state index contributed by atoms with van der Waals surface area (Å²) < 4.78 is 1.03. The minimum Gasteiger partial charge on any atom is -0.351 e. The number of carbonyl (C=O) groups excluding carboxylic acids is 1. The Morgan fingerprint density at radius 1 is 1.09 bits per heavy atom. The van der Waals surface area contributed by atoms with Gasteiger partial charge in [0.25, 0.3) is 5.91 Å². The molecule has 0 unspecified atom stereocenters. The molecule has 0 aliphatic carbocycles. The highest BCUT2D eigenvalue weighted by Crippen LogP contribution is 2.21. The van der Waals surface area contributed by atoms with E-state index in [0.717, 1.165) is 20.4 Å². The molecule has 0 bridgehead atoms. The van der Waals surface area contributed by atoms with Gasteiger partial charge in [-0.2, -0.15) is 0 Å². The predicted octanol–water partition coefficient (Wildman–Crippen LogP) is 4.74. The van der Waals surface area contributed by atoms with E-state index in [0.29, 0.717) is 6.54 Å². The van der Waals surface area contributed by atoms with Gasteiger partial charge in [0.05, 0.1) is 5.56 Å². The highest BCUT2D eigenvalue weighted by molar-refractivity contribution is 14.1. The smallest absolute Gasteiger partial charge is 0.252 e. The van der Waals surface area contributed by atoms with Crippen LogP contribution in [0, 0.1) is 24.3 Å². The number of benzene rings is 2. The predicted molar refractivity (Wildman–Crippen MR) is 103 cm³/mol. The average Bonchev–Trinajstić information content (AvgIpc) is 2.49. The average molecular weight is 425 g/mol. The Bertz CT molecular complexity index is 685. The number of hydrogen-bond donors (Lipinski definition) is 1. The Kier molecular flexibility index (Phi) is 6.32. The molecule has 2 nitrogen and oxygen atoms in total. The number of amides is 1. The number of carbonyl (C=O) groups is 1. The van der Waals surface area contributed by atoms with Crippen molar-refractivity contribution in [3.8, 4) is 0 Å². The van der Waals surface area contributed by atoms with Crippen LogP contribution in [0.15, 0.2) is 41.3 Å². The quantitative estimate of drug-likeness (QED) is 0.426. The normalized spacial score (nSPS) is 10.5. The lowest BCUT2D eigenvalue weighted by Crippen LogP contribution is -2.26. The Morgan fingerprint density at radius 2 is 1.86 bits per heavy atom. The first-order valence-corrected chi connectivity index (χ1v) is 9.29. The number of rotatable bonds is 5. The number of thioether (sulfide) groups is 1. The van der Waals surface area contributed by atoms with E-state index < -0.39 is 0 Å². The maximum atomic E-state index is 12.2. The third kappa shape index (κ3) is 4.49. The second kappa shape index (κ2) is 8.02. The molecule has 116 valence electrons. The summed E-state index contributed by atoms with van der Waals surface area (Å²) in [6, 6.07) is 12.3. The van der Waals surface area contributed by atoms with Crippen molar-refractivity contribution < 1.29 is 4.79 Å². The van der Waals surface area contributed by atoms with E-state index in [1.807, 2.05) is 25.1 Å². The largest absolute Gasteiger partial charge is 0.351 e. The highest BCUT2D eigenvalue weighted by atomic mass is 127. The Morgan fingerprint density at radius 3 is 2.59 bits per heavy atom. The number of nitrogens with one attached hydrogen (secondary N) is 1. The van der Waals surface area contributed by atoms with Gasteiger partial charge >= 0.3 is 0 Å². The standard InChI is InChI=1S/C18H20INOS/c1-12-7-8-15(11-14(12)3)22-10-9-20-18(21)16-6-4-5-13(2)17(16)19/h4-8,11H,9-10H2,1-3H3,(H,20,21). The monoisotopic (exact) mass is 425 g/mol. The second-order valence-corrected chi connectivity index (χ2v) is 7.53. The van der Waals surface area contributed by atoms with E-state index in [9.17, 15) is 4.79 Å². The molecule has 0 fully saturated rings. The fourth-order valence-corrected chi connectivity index (χ4v) is 3.52. The molecule has 0 saturated heterocycles. The maximum absolute atomic E-state index is 12.2. The van der Waals surface area contributed by atoms with Crippen LogP contribution in [0.5, 0.6) is 0 Å². The number of halogens is 1. The van der Waals surface area contributed by atoms with Crippen molar-refractivity contribution in [1.29, 1.82) is 0 Å². The molecular weight excluding hydrogens is 405 g/mol. The highest BCUT2D eigenvalue weighted by Gasteiger charge is 2.10. The topological polar surface area (TPSA) is 29.1 Å². The summed E-state index contributed by atoms with van der Waals surface area (Å²) in [4.78, 5) is 13.5. The molecule has 4 heteroatoms. The molecular formula is C18H20INOS. The van der Waals surface area contributed by atoms with Crippen LogP contribution in [0.25, 0.3) is 0 Å². The molecule has 22 heavy (non-hydrogen) atoms. The lowest BCUT2D eigenvalue weighted by molar-refractivity contribution is 0.0955. The van der Waals surface area contributed by atoms with Gasteiger partial charge in [-0.25, -0.2) is 0 Å². The minimum atomic E-state index is 0.00814. The van der Waals surface area contributed by atoms with Crippen LogP contribution in [0.2, 0.25) is 0 Å². The van der Waals surface area contributed by atoms with Crippen molar-refractivity contribution in [2.24, 2.45) is 0 Å². The van der Waals surface area contributed by atoms with Crippen LogP contribution in [0.4, 0.5) is 0 Å². The molecule has 0 saturated carbocycles. The molecule has 1 N–H and O–H groups in total. The zero-order valence-corrected chi connectivity index (χ0v) is 16.0. The molecule has 0 aliphatic rings. The lowest BCUT2D eigenvalue weighted by atomic mass is 10.1. The zero-order chi connectivity index (χ0) is 16.1. The second-order valence-electron chi connectivity index (χ2n) is 5.29. The van der Waals surface area contributed by atoms with Gasteiger partial charge in [0, 0.05) is 20.8 Å². The molecule has 2 rings (SSSR count). The van der Waals surface area contributed by atoms with Gasteiger partial charge in [-0.15, -0.1) is 11.8 Å². The molecule has 1 amide bonds. The molecule has 0 heterocycles. The molecule has 0 radical (unpaired) electrons. The van der Waals surface area contributed by atoms with Crippen LogP contribution in [0.1, 0.15) is 27.0 Å². The SMILES string of the molecule is Cc1ccc(SCCNC(=O)c2cccc(C)c2I)cc1C. The van der Waals surface area contributed by atoms with Gasteiger partial charge in [-0.1, -0.05) is 18.2 Å². The maximum Gasteiger partial charge on any atom is 0.252 e. The van der Waals surface area contributed by atoms with E-state index in [2.05, 4.69) is 60.0 Å². The molecule has 0 aliphatic heterocycles. The summed E-state index contributed by atoms with van der Waals surface area (Å²) in [6.45, 7) is 6.93. The molecule has 2 aromatic rings. The fourth-order valence-electron chi connectivity index (χ4n) is 2.06. The van der Waals surface area contributed by atoms with Gasteiger partial charge in [0.15, 0.2) is 0 Å². The zero-order valence-electron chi connectivity index (χ0n) is 13.1. The lowest BCUT2D eigenvalue weighted by Gasteiger charge is -2.09. The summed E-state index contributed by atoms with van der Waals surface area (Å²) in [6.07, 6.45) is 0. The van der Waals surface area contributed by atoms with Crippen LogP contribution in [-0.2, 0) is 0 Å². The van der Waals surface area contributed by atoms with E-state index in [4.69, 9.17) is 0 Å². The van der Waals surface area contributed by atoms with Gasteiger partial charge < -0.3 is 5.32 Å². The van der Waals surface area contributed by atoms with Crippen LogP contribution in [-0.4, -0.2) is 18.2 Å². The summed E-state index contributed by atoms with van der Waals surface area (Å²) in [7, 11) is 0. The van der Waals surface area contributed by atoms with Crippen molar-refractivity contribution in [2.75, 3.05) is 12.3 Å². The fraction of sp³-hybridized carbons (Fsp3) is 0.278. The summed E-state index contributed by atoms with van der Waals surface area (Å²) in [5.41, 5.74) is 4.52. The van der Waals surface area contributed by atoms with Crippen molar-refractivity contribution >= 4 is 40.3 Å². The molecule has 0 spiro atoms. The first-order valence-electron chi connectivity index (χ1n) is 7.22. The van der Waals surface area contributed by atoms with E-state index >= 15 is 0 Å². The number of hydrogen-bond acceptors (Lipinski definition) is 2. The Balaban J connectivity index is 1.84. The molecule has 0 aromatic heterocycles. The molecule has 2 aromatic carbocycles.